The van der Waals surface area contributed by atoms with Crippen LogP contribution in [0.25, 0.3) is 0 Å². The van der Waals surface area contributed by atoms with E-state index < -0.39 is 6.10 Å². The van der Waals surface area contributed by atoms with Gasteiger partial charge in [-0.15, -0.1) is 11.8 Å². The van der Waals surface area contributed by atoms with Gasteiger partial charge < -0.3 is 10.1 Å². The predicted octanol–water partition coefficient (Wildman–Crippen LogP) is 4.43. The first-order chi connectivity index (χ1) is 10.5. The van der Waals surface area contributed by atoms with Crippen LogP contribution in [0.2, 0.25) is 0 Å². The molecule has 1 N–H and O–H groups in total. The molecule has 2 aromatic rings. The van der Waals surface area contributed by atoms with Crippen molar-refractivity contribution in [3.05, 3.63) is 53.6 Å². The summed E-state index contributed by atoms with van der Waals surface area (Å²) in [4.78, 5) is 13.3. The second-order valence-electron chi connectivity index (χ2n) is 5.20. The Hall–Kier alpha value is -1.94. The minimum atomic E-state index is -0.558. The smallest absolute Gasteiger partial charge is 0.265 e. The molecule has 3 nitrogen and oxygen atoms in total. The molecule has 0 saturated carbocycles. The van der Waals surface area contributed by atoms with Crippen LogP contribution >= 0.6 is 11.8 Å². The Kier molecular flexibility index (Phi) is 5.50. The highest BCUT2D eigenvalue weighted by atomic mass is 32.2. The maximum absolute atomic E-state index is 12.3. The minimum absolute atomic E-state index is 0.153. The summed E-state index contributed by atoms with van der Waals surface area (Å²) in [5, 5.41) is 2.92. The summed E-state index contributed by atoms with van der Waals surface area (Å²) in [5.74, 6) is 0.559. The highest BCUT2D eigenvalue weighted by molar-refractivity contribution is 7.98. The molecule has 2 aromatic carbocycles. The van der Waals surface area contributed by atoms with E-state index in [1.807, 2.05) is 55.6 Å². The lowest BCUT2D eigenvalue weighted by molar-refractivity contribution is -0.122. The van der Waals surface area contributed by atoms with Crippen LogP contribution in [0.5, 0.6) is 5.75 Å². The third-order valence-corrected chi connectivity index (χ3v) is 4.32. The van der Waals surface area contributed by atoms with Gasteiger partial charge in [0.2, 0.25) is 0 Å². The van der Waals surface area contributed by atoms with Crippen molar-refractivity contribution in [3.8, 4) is 5.75 Å². The van der Waals surface area contributed by atoms with Crippen LogP contribution in [-0.2, 0) is 4.79 Å². The van der Waals surface area contributed by atoms with Gasteiger partial charge in [0, 0.05) is 4.90 Å². The van der Waals surface area contributed by atoms with Crippen molar-refractivity contribution >= 4 is 23.4 Å². The van der Waals surface area contributed by atoms with Crippen molar-refractivity contribution in [3.63, 3.8) is 0 Å². The predicted molar refractivity (Wildman–Crippen MR) is 92.9 cm³/mol. The molecule has 2 rings (SSSR count). The number of ether oxygens (including phenoxy) is 1. The number of anilines is 1. The van der Waals surface area contributed by atoms with Gasteiger partial charge in [-0.2, -0.15) is 0 Å². The van der Waals surface area contributed by atoms with Crippen molar-refractivity contribution in [1.29, 1.82) is 0 Å². The molecular weight excluding hydrogens is 294 g/mol. The van der Waals surface area contributed by atoms with Crippen molar-refractivity contribution < 1.29 is 9.53 Å². The van der Waals surface area contributed by atoms with Crippen LogP contribution in [-0.4, -0.2) is 18.3 Å². The number of carbonyl (C=O) groups is 1. The molecule has 0 saturated heterocycles. The van der Waals surface area contributed by atoms with Crippen LogP contribution in [0, 0.1) is 13.8 Å². The average molecular weight is 315 g/mol. The highest BCUT2D eigenvalue weighted by Gasteiger charge is 2.16. The fourth-order valence-corrected chi connectivity index (χ4v) is 2.58. The number of thioether (sulfide) groups is 1. The Morgan fingerprint density at radius 3 is 2.55 bits per heavy atom. The molecule has 0 unspecified atom stereocenters. The Labute approximate surface area is 136 Å². The van der Waals surface area contributed by atoms with Crippen molar-refractivity contribution in [2.75, 3.05) is 11.6 Å². The molecule has 0 aliphatic carbocycles. The number of para-hydroxylation sites is 1. The highest BCUT2D eigenvalue weighted by Crippen LogP contribution is 2.25. The molecule has 0 spiro atoms. The van der Waals surface area contributed by atoms with E-state index in [9.17, 15) is 4.79 Å². The van der Waals surface area contributed by atoms with Gasteiger partial charge in [0.1, 0.15) is 5.75 Å². The molecule has 0 aliphatic rings. The Morgan fingerprint density at radius 1 is 1.14 bits per heavy atom. The SMILES string of the molecule is CSc1ccccc1NC(=O)[C@@H](C)Oc1ccc(C)c(C)c1. The van der Waals surface area contributed by atoms with Crippen LogP contribution in [0.1, 0.15) is 18.1 Å². The number of hydrogen-bond donors (Lipinski definition) is 1. The second-order valence-corrected chi connectivity index (χ2v) is 6.04. The summed E-state index contributed by atoms with van der Waals surface area (Å²) < 4.78 is 5.74. The fourth-order valence-electron chi connectivity index (χ4n) is 2.03. The lowest BCUT2D eigenvalue weighted by Crippen LogP contribution is -2.30. The normalized spacial score (nSPS) is 11.8. The molecule has 22 heavy (non-hydrogen) atoms. The molecule has 116 valence electrons. The Bertz CT molecular complexity index is 670. The number of aryl methyl sites for hydroxylation is 2. The largest absolute Gasteiger partial charge is 0.481 e. The topological polar surface area (TPSA) is 38.3 Å². The van der Waals surface area contributed by atoms with E-state index in [4.69, 9.17) is 4.74 Å². The number of benzene rings is 2. The summed E-state index contributed by atoms with van der Waals surface area (Å²) >= 11 is 1.60. The minimum Gasteiger partial charge on any atom is -0.481 e. The van der Waals surface area contributed by atoms with Crippen molar-refractivity contribution in [2.45, 2.75) is 31.8 Å². The standard InChI is InChI=1S/C18H21NO2S/c1-12-9-10-15(11-13(12)2)21-14(3)18(20)19-16-7-5-6-8-17(16)22-4/h5-11,14H,1-4H3,(H,19,20)/t14-/m1/s1. The molecule has 0 heterocycles. The van der Waals surface area contributed by atoms with Gasteiger partial charge in [-0.25, -0.2) is 0 Å². The van der Waals surface area contributed by atoms with Gasteiger partial charge in [-0.1, -0.05) is 18.2 Å². The van der Waals surface area contributed by atoms with Gasteiger partial charge in [0.25, 0.3) is 5.91 Å². The van der Waals surface area contributed by atoms with E-state index in [-0.39, 0.29) is 5.91 Å². The second kappa shape index (κ2) is 7.36. The van der Waals surface area contributed by atoms with Crippen molar-refractivity contribution in [2.24, 2.45) is 0 Å². The molecule has 0 aliphatic heterocycles. The number of nitrogens with one attached hydrogen (secondary N) is 1. The zero-order valence-electron chi connectivity index (χ0n) is 13.3. The summed E-state index contributed by atoms with van der Waals surface area (Å²) in [6.45, 7) is 5.84. The summed E-state index contributed by atoms with van der Waals surface area (Å²) in [7, 11) is 0. The summed E-state index contributed by atoms with van der Waals surface area (Å²) in [6.07, 6.45) is 1.43. The molecule has 0 bridgehead atoms. The number of amides is 1. The van der Waals surface area contributed by atoms with Gasteiger partial charge in [0.05, 0.1) is 5.69 Å². The van der Waals surface area contributed by atoms with E-state index in [0.717, 1.165) is 16.1 Å². The van der Waals surface area contributed by atoms with E-state index in [1.165, 1.54) is 5.56 Å². The molecule has 4 heteroatoms. The molecule has 0 radical (unpaired) electrons. The van der Waals surface area contributed by atoms with Crippen LogP contribution in [0.4, 0.5) is 5.69 Å². The Morgan fingerprint density at radius 2 is 1.86 bits per heavy atom. The molecule has 1 atom stereocenters. The zero-order chi connectivity index (χ0) is 16.1. The van der Waals surface area contributed by atoms with Crippen molar-refractivity contribution in [1.82, 2.24) is 0 Å². The zero-order valence-corrected chi connectivity index (χ0v) is 14.2. The van der Waals surface area contributed by atoms with Gasteiger partial charge in [-0.3, -0.25) is 4.79 Å². The molecule has 1 amide bonds. The van der Waals surface area contributed by atoms with Crippen LogP contribution in [0.3, 0.4) is 0 Å². The first-order valence-corrected chi connectivity index (χ1v) is 8.41. The average Bonchev–Trinajstić information content (AvgIpc) is 2.51. The first-order valence-electron chi connectivity index (χ1n) is 7.19. The fraction of sp³-hybridized carbons (Fsp3) is 0.278. The quantitative estimate of drug-likeness (QED) is 0.829. The Balaban J connectivity index is 2.04. The van der Waals surface area contributed by atoms with E-state index in [1.54, 1.807) is 18.7 Å². The lowest BCUT2D eigenvalue weighted by Gasteiger charge is -2.16. The molecular formula is C18H21NO2S. The van der Waals surface area contributed by atoms with Crippen LogP contribution < -0.4 is 10.1 Å². The maximum Gasteiger partial charge on any atom is 0.265 e. The molecule has 0 fully saturated rings. The van der Waals surface area contributed by atoms with Crippen LogP contribution in [0.15, 0.2) is 47.4 Å². The summed E-state index contributed by atoms with van der Waals surface area (Å²) in [5.41, 5.74) is 3.17. The monoisotopic (exact) mass is 315 g/mol. The van der Waals surface area contributed by atoms with E-state index >= 15 is 0 Å². The van der Waals surface area contributed by atoms with E-state index in [2.05, 4.69) is 12.2 Å². The molecule has 0 aromatic heterocycles. The third kappa shape index (κ3) is 4.04. The van der Waals surface area contributed by atoms with Gasteiger partial charge in [-0.05, 0) is 62.4 Å². The number of carbonyl (C=O) groups excluding carboxylic acids is 1. The summed E-state index contributed by atoms with van der Waals surface area (Å²) in [6, 6.07) is 13.6. The van der Waals surface area contributed by atoms with E-state index in [0.29, 0.717) is 5.75 Å². The maximum atomic E-state index is 12.3. The number of rotatable bonds is 5. The first kappa shape index (κ1) is 16.4. The third-order valence-electron chi connectivity index (χ3n) is 3.53. The van der Waals surface area contributed by atoms with Gasteiger partial charge >= 0.3 is 0 Å². The lowest BCUT2D eigenvalue weighted by atomic mass is 10.1. The van der Waals surface area contributed by atoms with Gasteiger partial charge in [0.15, 0.2) is 6.10 Å². The number of hydrogen-bond acceptors (Lipinski definition) is 3.